The molecule has 8 nitrogen and oxygen atoms in total. The van der Waals surface area contributed by atoms with Gasteiger partial charge in [-0.05, 0) is 48.7 Å². The van der Waals surface area contributed by atoms with Gasteiger partial charge >= 0.3 is 0 Å². The summed E-state index contributed by atoms with van der Waals surface area (Å²) in [6.07, 6.45) is -0.385. The molecule has 37 heavy (non-hydrogen) atoms. The van der Waals surface area contributed by atoms with E-state index in [1.807, 2.05) is 11.8 Å². The zero-order valence-electron chi connectivity index (χ0n) is 20.0. The molecule has 3 aromatic rings. The van der Waals surface area contributed by atoms with Crippen LogP contribution in [-0.2, 0) is 6.42 Å². The SMILES string of the molecule is C[C@H]1CN(c2nc3c(cc2NC(=O)c2ccc(F)c(-c4c(F)cccc4F)n2)CC[C@H]3O)C[C@@H](N)[C@@H]1O. The van der Waals surface area contributed by atoms with Crippen LogP contribution in [0.15, 0.2) is 36.4 Å². The predicted molar refractivity (Wildman–Crippen MR) is 130 cm³/mol. The second kappa shape index (κ2) is 9.73. The topological polar surface area (TPSA) is 125 Å². The van der Waals surface area contributed by atoms with E-state index >= 15 is 0 Å². The van der Waals surface area contributed by atoms with Crippen molar-refractivity contribution in [2.75, 3.05) is 23.3 Å². The number of aliphatic hydroxyl groups excluding tert-OH is 2. The third-order valence-corrected chi connectivity index (χ3v) is 6.90. The number of aliphatic hydroxyl groups is 2. The molecule has 0 unspecified atom stereocenters. The monoisotopic (exact) mass is 513 g/mol. The Morgan fingerprint density at radius 3 is 2.51 bits per heavy atom. The van der Waals surface area contributed by atoms with E-state index in [0.717, 1.165) is 35.9 Å². The Kier molecular flexibility index (Phi) is 6.61. The minimum absolute atomic E-state index is 0.177. The molecule has 1 saturated heterocycles. The molecule has 1 fully saturated rings. The first-order valence-electron chi connectivity index (χ1n) is 12.0. The number of rotatable bonds is 4. The Bertz CT molecular complexity index is 1340. The number of carbonyl (C=O) groups excluding carboxylic acids is 1. The van der Waals surface area contributed by atoms with E-state index in [2.05, 4.69) is 15.3 Å². The highest BCUT2D eigenvalue weighted by atomic mass is 19.1. The summed E-state index contributed by atoms with van der Waals surface area (Å²) in [6, 6.07) is 6.31. The number of halogens is 3. The van der Waals surface area contributed by atoms with Crippen molar-refractivity contribution in [1.82, 2.24) is 9.97 Å². The number of pyridine rings is 2. The van der Waals surface area contributed by atoms with Gasteiger partial charge in [0.05, 0.1) is 29.2 Å². The minimum atomic E-state index is -1.01. The van der Waals surface area contributed by atoms with Crippen molar-refractivity contribution < 1.29 is 28.2 Å². The normalized spacial score (nSPS) is 23.2. The second-order valence-corrected chi connectivity index (χ2v) is 9.57. The third-order valence-electron chi connectivity index (χ3n) is 6.90. The van der Waals surface area contributed by atoms with Crippen LogP contribution in [0.1, 0.15) is 41.2 Å². The van der Waals surface area contributed by atoms with Crippen molar-refractivity contribution >= 4 is 17.4 Å². The molecule has 1 aliphatic heterocycles. The average Bonchev–Trinajstić information content (AvgIpc) is 3.22. The van der Waals surface area contributed by atoms with Crippen molar-refractivity contribution in [1.29, 1.82) is 0 Å². The Morgan fingerprint density at radius 1 is 1.08 bits per heavy atom. The number of nitrogens with zero attached hydrogens (tertiary/aromatic N) is 3. The fourth-order valence-corrected chi connectivity index (χ4v) is 4.95. The largest absolute Gasteiger partial charge is 0.391 e. The van der Waals surface area contributed by atoms with Crippen molar-refractivity contribution in [3.05, 3.63) is 70.8 Å². The van der Waals surface area contributed by atoms with Crippen LogP contribution in [0, 0.1) is 23.4 Å². The van der Waals surface area contributed by atoms with Gasteiger partial charge < -0.3 is 26.2 Å². The fraction of sp³-hybridized carbons (Fsp3) is 0.346. The number of nitrogens with two attached hydrogens (primary N) is 1. The van der Waals surface area contributed by atoms with Crippen LogP contribution in [-0.4, -0.2) is 51.3 Å². The fourth-order valence-electron chi connectivity index (χ4n) is 4.95. The van der Waals surface area contributed by atoms with Gasteiger partial charge in [0, 0.05) is 25.0 Å². The number of hydrogen-bond acceptors (Lipinski definition) is 7. The lowest BCUT2D eigenvalue weighted by Crippen LogP contribution is -2.56. The molecule has 4 atom stereocenters. The summed E-state index contributed by atoms with van der Waals surface area (Å²) in [5, 5.41) is 23.4. The molecule has 0 radical (unpaired) electrons. The second-order valence-electron chi connectivity index (χ2n) is 9.57. The van der Waals surface area contributed by atoms with E-state index in [1.165, 1.54) is 0 Å². The Labute approximate surface area is 211 Å². The van der Waals surface area contributed by atoms with Gasteiger partial charge in [0.25, 0.3) is 5.91 Å². The third kappa shape index (κ3) is 4.65. The van der Waals surface area contributed by atoms with E-state index in [9.17, 15) is 28.2 Å². The number of hydrogen-bond donors (Lipinski definition) is 4. The van der Waals surface area contributed by atoms with Crippen LogP contribution in [0.25, 0.3) is 11.3 Å². The van der Waals surface area contributed by atoms with E-state index in [1.54, 1.807) is 6.07 Å². The first kappa shape index (κ1) is 25.1. The molecular weight excluding hydrogens is 487 g/mol. The van der Waals surface area contributed by atoms with Crippen LogP contribution >= 0.6 is 0 Å². The number of carbonyl (C=O) groups is 1. The van der Waals surface area contributed by atoms with Gasteiger partial charge in [-0.1, -0.05) is 13.0 Å². The number of anilines is 2. The van der Waals surface area contributed by atoms with Gasteiger partial charge in [-0.2, -0.15) is 0 Å². The smallest absolute Gasteiger partial charge is 0.274 e. The average molecular weight is 514 g/mol. The van der Waals surface area contributed by atoms with Crippen LogP contribution in [0.4, 0.5) is 24.7 Å². The molecule has 2 aromatic heterocycles. The summed E-state index contributed by atoms with van der Waals surface area (Å²) in [6.45, 7) is 2.52. The molecule has 0 saturated carbocycles. The van der Waals surface area contributed by atoms with E-state index in [0.29, 0.717) is 36.6 Å². The van der Waals surface area contributed by atoms with Crippen LogP contribution in [0.2, 0.25) is 0 Å². The van der Waals surface area contributed by atoms with Crippen molar-refractivity contribution in [2.45, 2.75) is 38.0 Å². The van der Waals surface area contributed by atoms with Crippen LogP contribution in [0.3, 0.4) is 0 Å². The lowest BCUT2D eigenvalue weighted by atomic mass is 9.93. The lowest BCUT2D eigenvalue weighted by Gasteiger charge is -2.40. The quantitative estimate of drug-likeness (QED) is 0.423. The van der Waals surface area contributed by atoms with Crippen LogP contribution in [0.5, 0.6) is 0 Å². The number of aromatic nitrogens is 2. The summed E-state index contributed by atoms with van der Waals surface area (Å²) >= 11 is 0. The molecule has 194 valence electrons. The molecular formula is C26H26F3N5O3. The Hall–Kier alpha value is -3.54. The number of benzene rings is 1. The molecule has 2 aliphatic rings. The Balaban J connectivity index is 1.51. The highest BCUT2D eigenvalue weighted by Crippen LogP contribution is 2.37. The summed E-state index contributed by atoms with van der Waals surface area (Å²) in [4.78, 5) is 23.6. The van der Waals surface area contributed by atoms with E-state index in [4.69, 9.17) is 5.73 Å². The molecule has 3 heterocycles. The summed E-state index contributed by atoms with van der Waals surface area (Å²) in [7, 11) is 0. The highest BCUT2D eigenvalue weighted by molar-refractivity contribution is 6.04. The number of fused-ring (bicyclic) bond motifs is 1. The Morgan fingerprint density at radius 2 is 1.81 bits per heavy atom. The predicted octanol–water partition coefficient (Wildman–Crippen LogP) is 2.94. The molecule has 0 bridgehead atoms. The van der Waals surface area contributed by atoms with Gasteiger partial charge in [-0.25, -0.2) is 23.1 Å². The first-order chi connectivity index (χ1) is 17.6. The number of aryl methyl sites for hydroxylation is 1. The van der Waals surface area contributed by atoms with Gasteiger partial charge in [0.15, 0.2) is 5.82 Å². The maximum atomic E-state index is 14.5. The zero-order valence-corrected chi connectivity index (χ0v) is 20.0. The summed E-state index contributed by atoms with van der Waals surface area (Å²) in [5.74, 6) is -3.55. The van der Waals surface area contributed by atoms with Crippen molar-refractivity contribution in [3.8, 4) is 11.3 Å². The molecule has 11 heteroatoms. The molecule has 0 spiro atoms. The molecule has 1 aliphatic carbocycles. The lowest BCUT2D eigenvalue weighted by molar-refractivity contribution is 0.0782. The van der Waals surface area contributed by atoms with Gasteiger partial charge in [-0.15, -0.1) is 0 Å². The number of nitrogens with one attached hydrogen (secondary N) is 1. The zero-order chi connectivity index (χ0) is 26.4. The minimum Gasteiger partial charge on any atom is -0.391 e. The standard InChI is InChI=1S/C26H26F3N5O3/c1-12-10-34(11-17(30)24(12)36)25-19(9-13-5-8-20(35)22(13)33-25)32-26(37)18-7-6-16(29)23(31-18)21-14(27)3-2-4-15(21)28/h2-4,6-7,9,12,17,20,24,35-36H,5,8,10-11,30H2,1H3,(H,32,37)/t12-,17+,20+,24+/m0/s1. The van der Waals surface area contributed by atoms with Gasteiger partial charge in [0.1, 0.15) is 28.8 Å². The number of piperidine rings is 1. The van der Waals surface area contributed by atoms with E-state index in [-0.39, 0.29) is 18.2 Å². The summed E-state index contributed by atoms with van der Waals surface area (Å²) in [5.41, 5.74) is 6.17. The maximum absolute atomic E-state index is 14.5. The summed E-state index contributed by atoms with van der Waals surface area (Å²) < 4.78 is 43.1. The van der Waals surface area contributed by atoms with Crippen molar-refractivity contribution in [2.24, 2.45) is 11.7 Å². The molecule has 1 amide bonds. The molecule has 1 aromatic carbocycles. The number of amides is 1. The highest BCUT2D eigenvalue weighted by Gasteiger charge is 2.34. The van der Waals surface area contributed by atoms with Crippen LogP contribution < -0.4 is 16.0 Å². The molecule has 5 N–H and O–H groups in total. The van der Waals surface area contributed by atoms with Crippen molar-refractivity contribution in [3.63, 3.8) is 0 Å². The van der Waals surface area contributed by atoms with Gasteiger partial charge in [0.2, 0.25) is 0 Å². The van der Waals surface area contributed by atoms with Gasteiger partial charge in [-0.3, -0.25) is 4.79 Å². The van der Waals surface area contributed by atoms with E-state index < -0.39 is 52.9 Å². The molecule has 5 rings (SSSR count). The first-order valence-corrected chi connectivity index (χ1v) is 12.0. The maximum Gasteiger partial charge on any atom is 0.274 e.